The van der Waals surface area contributed by atoms with Crippen molar-refractivity contribution in [2.24, 2.45) is 13.0 Å². The van der Waals surface area contributed by atoms with Gasteiger partial charge in [0.05, 0.1) is 31.6 Å². The Morgan fingerprint density at radius 1 is 1.23 bits per heavy atom. The number of carbonyl (C=O) groups excluding carboxylic acids is 1. The van der Waals surface area contributed by atoms with E-state index in [1.807, 2.05) is 23.7 Å². The van der Waals surface area contributed by atoms with E-state index in [9.17, 15) is 4.79 Å². The number of amides is 1. The number of anilines is 1. The zero-order valence-corrected chi connectivity index (χ0v) is 14.9. The van der Waals surface area contributed by atoms with Crippen molar-refractivity contribution >= 4 is 22.6 Å². The van der Waals surface area contributed by atoms with Crippen molar-refractivity contribution in [1.82, 2.24) is 14.5 Å². The largest absolute Gasteiger partial charge is 0.496 e. The Hall–Kier alpha value is -3.09. The molecule has 0 radical (unpaired) electrons. The molecule has 26 heavy (non-hydrogen) atoms. The first-order chi connectivity index (χ1) is 12.6. The molecule has 1 N–H and O–H groups in total. The summed E-state index contributed by atoms with van der Waals surface area (Å²) in [6, 6.07) is 5.70. The van der Waals surface area contributed by atoms with Crippen LogP contribution in [0.2, 0.25) is 0 Å². The molecule has 0 bridgehead atoms. The third kappa shape index (κ3) is 2.75. The maximum atomic E-state index is 12.0. The summed E-state index contributed by atoms with van der Waals surface area (Å²) in [4.78, 5) is 20.6. The third-order valence-electron chi connectivity index (χ3n) is 4.68. The van der Waals surface area contributed by atoms with Gasteiger partial charge in [-0.1, -0.05) is 0 Å². The molecule has 1 amide bonds. The van der Waals surface area contributed by atoms with E-state index in [4.69, 9.17) is 9.47 Å². The number of ether oxygens (including phenoxy) is 2. The van der Waals surface area contributed by atoms with Gasteiger partial charge in [-0.2, -0.15) is 0 Å². The molecule has 3 aromatic heterocycles. The van der Waals surface area contributed by atoms with Crippen molar-refractivity contribution in [3.05, 3.63) is 30.6 Å². The summed E-state index contributed by atoms with van der Waals surface area (Å²) in [6.07, 6.45) is 5.34. The molecule has 3 aromatic rings. The maximum absolute atomic E-state index is 12.0. The van der Waals surface area contributed by atoms with Crippen LogP contribution in [0.15, 0.2) is 30.6 Å². The number of nitrogens with one attached hydrogen (secondary N) is 1. The molecule has 4 rings (SSSR count). The Morgan fingerprint density at radius 3 is 2.73 bits per heavy atom. The highest BCUT2D eigenvalue weighted by molar-refractivity contribution is 5.96. The first kappa shape index (κ1) is 16.4. The van der Waals surface area contributed by atoms with Crippen molar-refractivity contribution in [1.29, 1.82) is 0 Å². The highest BCUT2D eigenvalue weighted by Crippen LogP contribution is 2.39. The van der Waals surface area contributed by atoms with Gasteiger partial charge in [0.2, 0.25) is 11.8 Å². The van der Waals surface area contributed by atoms with Crippen LogP contribution in [0.25, 0.3) is 22.2 Å². The van der Waals surface area contributed by atoms with Gasteiger partial charge >= 0.3 is 0 Å². The van der Waals surface area contributed by atoms with Crippen molar-refractivity contribution < 1.29 is 14.3 Å². The van der Waals surface area contributed by atoms with Gasteiger partial charge in [-0.15, -0.1) is 0 Å². The molecule has 0 aliphatic heterocycles. The highest BCUT2D eigenvalue weighted by atomic mass is 16.5. The minimum absolute atomic E-state index is 0.0450. The van der Waals surface area contributed by atoms with Gasteiger partial charge < -0.3 is 19.4 Å². The second kappa shape index (κ2) is 6.33. The predicted molar refractivity (Wildman–Crippen MR) is 98.4 cm³/mol. The number of pyridine rings is 2. The lowest BCUT2D eigenvalue weighted by atomic mass is 10.1. The summed E-state index contributed by atoms with van der Waals surface area (Å²) in [7, 11) is 5.16. The molecule has 1 aliphatic carbocycles. The summed E-state index contributed by atoms with van der Waals surface area (Å²) in [5.41, 5.74) is 2.62. The van der Waals surface area contributed by atoms with Crippen molar-refractivity contribution in [2.75, 3.05) is 19.5 Å². The SMILES string of the molecule is COc1ccnc(OC)c1-c1cc2cc(NC(=O)C3CC3)ncc2n1C. The van der Waals surface area contributed by atoms with E-state index in [0.717, 1.165) is 35.0 Å². The van der Waals surface area contributed by atoms with Crippen LogP contribution in [0.5, 0.6) is 11.6 Å². The average molecular weight is 352 g/mol. The number of hydrogen-bond acceptors (Lipinski definition) is 5. The van der Waals surface area contributed by atoms with Crippen LogP contribution in [-0.4, -0.2) is 34.7 Å². The molecule has 134 valence electrons. The monoisotopic (exact) mass is 352 g/mol. The van der Waals surface area contributed by atoms with E-state index < -0.39 is 0 Å². The standard InChI is InChI=1S/C19H20N4O3/c1-23-13(17-15(25-2)6-7-20-19(17)26-3)8-12-9-16(21-10-14(12)23)22-18(24)11-4-5-11/h6-11H,4-5H2,1-3H3,(H,21,22,24). The van der Waals surface area contributed by atoms with Crippen molar-refractivity contribution in [3.63, 3.8) is 0 Å². The summed E-state index contributed by atoms with van der Waals surface area (Å²) >= 11 is 0. The van der Waals surface area contributed by atoms with Crippen LogP contribution in [0.3, 0.4) is 0 Å². The molecule has 0 saturated heterocycles. The number of aryl methyl sites for hydroxylation is 1. The molecule has 0 aromatic carbocycles. The smallest absolute Gasteiger partial charge is 0.228 e. The number of hydrogen-bond donors (Lipinski definition) is 1. The van der Waals surface area contributed by atoms with Crippen LogP contribution in [0.4, 0.5) is 5.82 Å². The zero-order chi connectivity index (χ0) is 18.3. The second-order valence-corrected chi connectivity index (χ2v) is 6.38. The van der Waals surface area contributed by atoms with E-state index in [1.54, 1.807) is 32.7 Å². The van der Waals surface area contributed by atoms with Crippen molar-refractivity contribution in [3.8, 4) is 22.9 Å². The molecule has 0 unspecified atom stereocenters. The van der Waals surface area contributed by atoms with Gasteiger partial charge in [-0.05, 0) is 31.0 Å². The first-order valence-corrected chi connectivity index (χ1v) is 8.46. The van der Waals surface area contributed by atoms with Crippen LogP contribution >= 0.6 is 0 Å². The molecule has 0 spiro atoms. The average Bonchev–Trinajstić information content (AvgIpc) is 3.46. The number of aromatic nitrogens is 3. The third-order valence-corrected chi connectivity index (χ3v) is 4.68. The number of fused-ring (bicyclic) bond motifs is 1. The van der Waals surface area contributed by atoms with E-state index in [-0.39, 0.29) is 11.8 Å². The minimum Gasteiger partial charge on any atom is -0.496 e. The van der Waals surface area contributed by atoms with E-state index in [2.05, 4.69) is 15.3 Å². The van der Waals surface area contributed by atoms with Crippen LogP contribution < -0.4 is 14.8 Å². The summed E-state index contributed by atoms with van der Waals surface area (Å²) in [5, 5.41) is 3.86. The lowest BCUT2D eigenvalue weighted by molar-refractivity contribution is -0.117. The normalized spacial score (nSPS) is 13.7. The quantitative estimate of drug-likeness (QED) is 0.764. The molecule has 7 nitrogen and oxygen atoms in total. The molecular weight excluding hydrogens is 332 g/mol. The van der Waals surface area contributed by atoms with Gasteiger partial charge in [-0.3, -0.25) is 4.79 Å². The predicted octanol–water partition coefficient (Wildman–Crippen LogP) is 3.00. The van der Waals surface area contributed by atoms with Gasteiger partial charge in [-0.25, -0.2) is 9.97 Å². The number of nitrogens with zero attached hydrogens (tertiary/aromatic N) is 3. The van der Waals surface area contributed by atoms with Crippen LogP contribution in [0, 0.1) is 5.92 Å². The molecule has 1 fully saturated rings. The minimum atomic E-state index is 0.0450. The maximum Gasteiger partial charge on any atom is 0.228 e. The van der Waals surface area contributed by atoms with E-state index >= 15 is 0 Å². The lowest BCUT2D eigenvalue weighted by Gasteiger charge is -2.12. The number of methoxy groups -OCH3 is 2. The Labute approximate surface area is 151 Å². The molecule has 1 saturated carbocycles. The number of carbonyl (C=O) groups is 1. The zero-order valence-electron chi connectivity index (χ0n) is 14.9. The summed E-state index contributed by atoms with van der Waals surface area (Å²) < 4.78 is 12.9. The molecule has 7 heteroatoms. The van der Waals surface area contributed by atoms with E-state index in [1.165, 1.54) is 0 Å². The molecular formula is C19H20N4O3. The molecule has 3 heterocycles. The van der Waals surface area contributed by atoms with Gasteiger partial charge in [0.1, 0.15) is 17.1 Å². The Balaban J connectivity index is 1.79. The fourth-order valence-corrected chi connectivity index (χ4v) is 3.10. The summed E-state index contributed by atoms with van der Waals surface area (Å²) in [5.74, 6) is 1.92. The summed E-state index contributed by atoms with van der Waals surface area (Å²) in [6.45, 7) is 0. The second-order valence-electron chi connectivity index (χ2n) is 6.38. The molecule has 0 atom stereocenters. The first-order valence-electron chi connectivity index (χ1n) is 8.46. The van der Waals surface area contributed by atoms with E-state index in [0.29, 0.717) is 17.4 Å². The highest BCUT2D eigenvalue weighted by Gasteiger charge is 2.29. The van der Waals surface area contributed by atoms with Gasteiger partial charge in [0.25, 0.3) is 0 Å². The number of rotatable bonds is 5. The van der Waals surface area contributed by atoms with Gasteiger partial charge in [0.15, 0.2) is 0 Å². The topological polar surface area (TPSA) is 78.3 Å². The van der Waals surface area contributed by atoms with Crippen molar-refractivity contribution in [2.45, 2.75) is 12.8 Å². The Morgan fingerprint density at radius 2 is 2.04 bits per heavy atom. The van der Waals surface area contributed by atoms with Crippen LogP contribution in [-0.2, 0) is 11.8 Å². The fourth-order valence-electron chi connectivity index (χ4n) is 3.10. The Kier molecular flexibility index (Phi) is 3.99. The van der Waals surface area contributed by atoms with Gasteiger partial charge in [0, 0.05) is 24.5 Å². The van der Waals surface area contributed by atoms with Crippen LogP contribution in [0.1, 0.15) is 12.8 Å². The fraction of sp³-hybridized carbons (Fsp3) is 0.316. The Bertz CT molecular complexity index is 970. The molecule has 1 aliphatic rings. The lowest BCUT2D eigenvalue weighted by Crippen LogP contribution is -2.14.